The summed E-state index contributed by atoms with van der Waals surface area (Å²) in [5.41, 5.74) is 1.37. The van der Waals surface area contributed by atoms with Crippen molar-refractivity contribution in [3.63, 3.8) is 0 Å². The van der Waals surface area contributed by atoms with Crippen LogP contribution in [-0.2, 0) is 4.74 Å². The van der Waals surface area contributed by atoms with Crippen LogP contribution in [0.5, 0.6) is 5.75 Å². The molecule has 134 valence electrons. The molecule has 0 radical (unpaired) electrons. The normalized spacial score (nSPS) is 24.8. The van der Waals surface area contributed by atoms with E-state index in [1.165, 1.54) is 0 Å². The maximum atomic E-state index is 12.4. The Morgan fingerprint density at radius 3 is 2.19 bits per heavy atom. The summed E-state index contributed by atoms with van der Waals surface area (Å²) >= 11 is 0. The van der Waals surface area contributed by atoms with Gasteiger partial charge in [0.15, 0.2) is 18.2 Å². The number of ether oxygens (including phenoxy) is 2. The summed E-state index contributed by atoms with van der Waals surface area (Å²) in [7, 11) is 0. The van der Waals surface area contributed by atoms with Crippen molar-refractivity contribution >= 4 is 5.78 Å². The second kappa shape index (κ2) is 7.64. The second-order valence-corrected chi connectivity index (χ2v) is 5.86. The van der Waals surface area contributed by atoms with Gasteiger partial charge in [-0.3, -0.25) is 4.79 Å². The van der Waals surface area contributed by atoms with E-state index in [-0.39, 0.29) is 5.78 Å². The number of carbonyl (C=O) groups excluding carboxylic acids is 1. The summed E-state index contributed by atoms with van der Waals surface area (Å²) in [6.07, 6.45) is -4.48. The van der Waals surface area contributed by atoms with Crippen LogP contribution in [-0.4, -0.2) is 52.3 Å². The molecule has 2 aromatic rings. The Kier molecular flexibility index (Phi) is 5.30. The highest BCUT2D eigenvalue weighted by molar-refractivity contribution is 6.09. The summed E-state index contributed by atoms with van der Waals surface area (Å²) in [6.45, 7) is -0.409. The van der Waals surface area contributed by atoms with Crippen LogP contribution in [0.15, 0.2) is 48.5 Å². The first kappa shape index (κ1) is 18.0. The molecule has 0 aliphatic carbocycles. The minimum absolute atomic E-state index is 0.200. The van der Waals surface area contributed by atoms with Crippen LogP contribution in [0.2, 0.25) is 0 Å². The minimum atomic E-state index is -1.42. The third-order valence-corrected chi connectivity index (χ3v) is 4.15. The highest BCUT2D eigenvalue weighted by Crippen LogP contribution is 2.25. The van der Waals surface area contributed by atoms with Crippen molar-refractivity contribution in [3.8, 4) is 11.8 Å². The molecule has 0 amide bonds. The molecule has 7 nitrogen and oxygen atoms in total. The zero-order valence-corrected chi connectivity index (χ0v) is 13.6. The van der Waals surface area contributed by atoms with Gasteiger partial charge in [0.2, 0.25) is 0 Å². The molecule has 1 aliphatic rings. The first-order valence-electron chi connectivity index (χ1n) is 7.97. The number of hydrogen-bond donors (Lipinski definition) is 3. The van der Waals surface area contributed by atoms with Gasteiger partial charge in [0.1, 0.15) is 18.0 Å². The van der Waals surface area contributed by atoms with Gasteiger partial charge in [-0.05, 0) is 48.5 Å². The lowest BCUT2D eigenvalue weighted by Crippen LogP contribution is -2.39. The molecular formula is C19H17NO6. The fourth-order valence-corrected chi connectivity index (χ4v) is 2.72. The molecule has 1 saturated heterocycles. The maximum Gasteiger partial charge on any atom is 0.193 e. The molecule has 1 heterocycles. The number of aliphatic hydroxyl groups is 3. The van der Waals surface area contributed by atoms with Gasteiger partial charge in [-0.25, -0.2) is 0 Å². The van der Waals surface area contributed by atoms with E-state index < -0.39 is 31.2 Å². The zero-order valence-electron chi connectivity index (χ0n) is 13.6. The van der Waals surface area contributed by atoms with Crippen molar-refractivity contribution in [2.75, 3.05) is 6.61 Å². The lowest BCUT2D eigenvalue weighted by molar-refractivity contribution is -0.132. The lowest BCUT2D eigenvalue weighted by Gasteiger charge is -2.20. The Labute approximate surface area is 149 Å². The van der Waals surface area contributed by atoms with Gasteiger partial charge >= 0.3 is 0 Å². The topological polar surface area (TPSA) is 120 Å². The van der Waals surface area contributed by atoms with E-state index in [0.717, 1.165) is 0 Å². The van der Waals surface area contributed by atoms with Crippen LogP contribution >= 0.6 is 0 Å². The first-order valence-corrected chi connectivity index (χ1v) is 7.97. The Hall–Kier alpha value is -2.76. The molecular weight excluding hydrogens is 338 g/mol. The van der Waals surface area contributed by atoms with Crippen LogP contribution in [0, 0.1) is 11.3 Å². The number of benzene rings is 2. The summed E-state index contributed by atoms with van der Waals surface area (Å²) in [6, 6.07) is 14.6. The minimum Gasteiger partial charge on any atom is -0.485 e. The lowest BCUT2D eigenvalue weighted by atomic mass is 10.0. The number of nitriles is 1. The maximum absolute atomic E-state index is 12.4. The average molecular weight is 355 g/mol. The SMILES string of the molecule is N#Cc1ccc(C(=O)c2ccc(O[C@H]3[C@H](O)[C@@H](O)O[C@@H]3CO)cc2)cc1. The number of aliphatic hydroxyl groups excluding tert-OH is 3. The van der Waals surface area contributed by atoms with E-state index in [2.05, 4.69) is 0 Å². The Balaban J connectivity index is 1.72. The van der Waals surface area contributed by atoms with Gasteiger partial charge in [-0.15, -0.1) is 0 Å². The quantitative estimate of drug-likeness (QED) is 0.672. The monoisotopic (exact) mass is 355 g/mol. The van der Waals surface area contributed by atoms with E-state index >= 15 is 0 Å². The number of nitrogens with zero attached hydrogens (tertiary/aromatic N) is 1. The molecule has 0 bridgehead atoms. The highest BCUT2D eigenvalue weighted by atomic mass is 16.7. The van der Waals surface area contributed by atoms with Crippen LogP contribution in [0.4, 0.5) is 0 Å². The van der Waals surface area contributed by atoms with Crippen LogP contribution < -0.4 is 4.74 Å². The predicted octanol–water partition coefficient (Wildman–Crippen LogP) is 0.607. The molecule has 3 rings (SSSR count). The van der Waals surface area contributed by atoms with Crippen molar-refractivity contribution in [3.05, 3.63) is 65.2 Å². The summed E-state index contributed by atoms with van der Waals surface area (Å²) in [5.74, 6) is 0.163. The molecule has 2 aromatic carbocycles. The number of rotatable bonds is 5. The molecule has 1 aliphatic heterocycles. The van der Waals surface area contributed by atoms with Gasteiger partial charge < -0.3 is 24.8 Å². The molecule has 1 fully saturated rings. The van der Waals surface area contributed by atoms with Crippen molar-refractivity contribution in [1.82, 2.24) is 0 Å². The number of hydrogen-bond acceptors (Lipinski definition) is 7. The van der Waals surface area contributed by atoms with Crippen molar-refractivity contribution in [2.45, 2.75) is 24.6 Å². The van der Waals surface area contributed by atoms with E-state index in [0.29, 0.717) is 22.4 Å². The van der Waals surface area contributed by atoms with Crippen molar-refractivity contribution < 1.29 is 29.6 Å². The van der Waals surface area contributed by atoms with Crippen LogP contribution in [0.25, 0.3) is 0 Å². The molecule has 0 unspecified atom stereocenters. The third-order valence-electron chi connectivity index (χ3n) is 4.15. The van der Waals surface area contributed by atoms with E-state index in [4.69, 9.17) is 14.7 Å². The van der Waals surface area contributed by atoms with E-state index in [9.17, 15) is 20.1 Å². The molecule has 7 heteroatoms. The summed E-state index contributed by atoms with van der Waals surface area (Å²) in [5, 5.41) is 37.4. The van der Waals surface area contributed by atoms with Gasteiger partial charge in [0.05, 0.1) is 18.2 Å². The Bertz CT molecular complexity index is 811. The van der Waals surface area contributed by atoms with Crippen LogP contribution in [0.1, 0.15) is 21.5 Å². The summed E-state index contributed by atoms with van der Waals surface area (Å²) < 4.78 is 10.6. The predicted molar refractivity (Wildman–Crippen MR) is 89.4 cm³/mol. The van der Waals surface area contributed by atoms with Crippen molar-refractivity contribution in [2.24, 2.45) is 0 Å². The number of carbonyl (C=O) groups is 1. The molecule has 4 atom stereocenters. The van der Waals surface area contributed by atoms with Gasteiger partial charge in [0.25, 0.3) is 0 Å². The Morgan fingerprint density at radius 1 is 1.08 bits per heavy atom. The van der Waals surface area contributed by atoms with E-state index in [1.54, 1.807) is 48.5 Å². The first-order chi connectivity index (χ1) is 12.5. The molecule has 3 N–H and O–H groups in total. The summed E-state index contributed by atoms with van der Waals surface area (Å²) in [4.78, 5) is 12.4. The standard InChI is InChI=1S/C19H17NO6/c20-9-11-1-3-12(4-2-11)16(22)13-5-7-14(8-6-13)25-18-15(10-21)26-19(24)17(18)23/h1-8,15,17-19,21,23-24H,10H2/t15-,17+,18-,19+/m1/s1. The fourth-order valence-electron chi connectivity index (χ4n) is 2.72. The highest BCUT2D eigenvalue weighted by Gasteiger charge is 2.44. The Morgan fingerprint density at radius 2 is 1.65 bits per heavy atom. The molecule has 0 spiro atoms. The second-order valence-electron chi connectivity index (χ2n) is 5.86. The number of ketones is 1. The third kappa shape index (κ3) is 3.59. The largest absolute Gasteiger partial charge is 0.485 e. The molecule has 0 aromatic heterocycles. The van der Waals surface area contributed by atoms with E-state index in [1.807, 2.05) is 6.07 Å². The van der Waals surface area contributed by atoms with Crippen LogP contribution in [0.3, 0.4) is 0 Å². The van der Waals surface area contributed by atoms with Crippen molar-refractivity contribution in [1.29, 1.82) is 5.26 Å². The van der Waals surface area contributed by atoms with Gasteiger partial charge in [0, 0.05) is 11.1 Å². The zero-order chi connectivity index (χ0) is 18.7. The molecule has 0 saturated carbocycles. The van der Waals surface area contributed by atoms with Gasteiger partial charge in [-0.2, -0.15) is 5.26 Å². The smallest absolute Gasteiger partial charge is 0.193 e. The van der Waals surface area contributed by atoms with Gasteiger partial charge in [-0.1, -0.05) is 0 Å². The average Bonchev–Trinajstić information content (AvgIpc) is 2.96. The molecule has 26 heavy (non-hydrogen) atoms. The fraction of sp³-hybridized carbons (Fsp3) is 0.263.